The lowest BCUT2D eigenvalue weighted by Gasteiger charge is -2.48. The van der Waals surface area contributed by atoms with Crippen molar-refractivity contribution in [3.63, 3.8) is 0 Å². The lowest BCUT2D eigenvalue weighted by Crippen LogP contribution is -2.60. The van der Waals surface area contributed by atoms with Crippen LogP contribution in [0.2, 0.25) is 0 Å². The van der Waals surface area contributed by atoms with Gasteiger partial charge >= 0.3 is 0 Å². The van der Waals surface area contributed by atoms with Gasteiger partial charge in [0.25, 0.3) is 0 Å². The summed E-state index contributed by atoms with van der Waals surface area (Å²) in [7, 11) is 0. The lowest BCUT2D eigenvalue weighted by molar-refractivity contribution is 0.249. The largest absolute Gasteiger partial charge is 0.362 e. The third-order valence-corrected chi connectivity index (χ3v) is 5.90. The number of nitrogens with one attached hydrogen (secondary N) is 2. The summed E-state index contributed by atoms with van der Waals surface area (Å²) in [5, 5.41) is 10.5. The van der Waals surface area contributed by atoms with Gasteiger partial charge < -0.3 is 10.6 Å². The molecular formula is C22H18N2. The Labute approximate surface area is 141 Å². The number of hydrogen-bond acceptors (Lipinski definition) is 2. The molecule has 4 aliphatic rings. The molecule has 1 saturated heterocycles. The van der Waals surface area contributed by atoms with Gasteiger partial charge in [-0.05, 0) is 28.5 Å². The first-order chi connectivity index (χ1) is 11.8. The molecule has 3 aliphatic carbocycles. The van der Waals surface area contributed by atoms with Crippen LogP contribution < -0.4 is 10.6 Å². The smallest absolute Gasteiger partial charge is 0.139 e. The highest BCUT2D eigenvalue weighted by molar-refractivity contribution is 5.92. The highest BCUT2D eigenvalue weighted by Gasteiger charge is 2.47. The third kappa shape index (κ3) is 1.46. The van der Waals surface area contributed by atoms with E-state index < -0.39 is 0 Å². The second-order valence-corrected chi connectivity index (χ2v) is 7.22. The monoisotopic (exact) mass is 310 g/mol. The Morgan fingerprint density at radius 2 is 1.58 bits per heavy atom. The highest BCUT2D eigenvalue weighted by Crippen LogP contribution is 2.46. The Kier molecular flexibility index (Phi) is 2.22. The van der Waals surface area contributed by atoms with E-state index in [0.717, 1.165) is 6.42 Å². The summed E-state index contributed by atoms with van der Waals surface area (Å²) in [5.41, 5.74) is 5.25. The molecule has 0 saturated carbocycles. The molecule has 6 rings (SSSR count). The molecule has 24 heavy (non-hydrogen) atoms. The Hall–Kier alpha value is -2.74. The molecule has 1 spiro atoms. The Bertz CT molecular complexity index is 967. The van der Waals surface area contributed by atoms with Crippen molar-refractivity contribution in [1.29, 1.82) is 0 Å². The van der Waals surface area contributed by atoms with Crippen LogP contribution in [0, 0.1) is 11.8 Å². The molecule has 0 amide bonds. The van der Waals surface area contributed by atoms with E-state index in [4.69, 9.17) is 0 Å². The first kappa shape index (κ1) is 12.7. The highest BCUT2D eigenvalue weighted by atomic mass is 15.2. The normalized spacial score (nSPS) is 31.3. The molecule has 116 valence electrons. The van der Waals surface area contributed by atoms with Gasteiger partial charge in [0.1, 0.15) is 5.66 Å². The van der Waals surface area contributed by atoms with Gasteiger partial charge in [-0.25, -0.2) is 0 Å². The van der Waals surface area contributed by atoms with E-state index in [1.165, 1.54) is 33.3 Å². The van der Waals surface area contributed by atoms with Crippen LogP contribution in [0.3, 0.4) is 0 Å². The summed E-state index contributed by atoms with van der Waals surface area (Å²) in [6.45, 7) is 0. The molecule has 0 unspecified atom stereocenters. The molecule has 0 bridgehead atoms. The summed E-state index contributed by atoms with van der Waals surface area (Å²) < 4.78 is 0. The molecule has 1 fully saturated rings. The van der Waals surface area contributed by atoms with Crippen molar-refractivity contribution >= 4 is 10.8 Å². The zero-order valence-electron chi connectivity index (χ0n) is 13.3. The van der Waals surface area contributed by atoms with E-state index in [9.17, 15) is 0 Å². The summed E-state index contributed by atoms with van der Waals surface area (Å²) in [4.78, 5) is 0. The second-order valence-electron chi connectivity index (χ2n) is 7.22. The van der Waals surface area contributed by atoms with Crippen molar-refractivity contribution in [1.82, 2.24) is 10.6 Å². The average molecular weight is 310 g/mol. The molecule has 0 atom stereocenters. The molecule has 0 radical (unpaired) electrons. The van der Waals surface area contributed by atoms with E-state index in [2.05, 4.69) is 83.5 Å². The van der Waals surface area contributed by atoms with Crippen molar-refractivity contribution in [2.75, 3.05) is 0 Å². The summed E-state index contributed by atoms with van der Waals surface area (Å²) >= 11 is 0. The molecule has 2 aromatic rings. The fourth-order valence-electron chi connectivity index (χ4n) is 4.94. The predicted molar refractivity (Wildman–Crippen MR) is 97.0 cm³/mol. The third-order valence-electron chi connectivity index (χ3n) is 5.90. The maximum absolute atomic E-state index is 3.89. The molecule has 1 aliphatic heterocycles. The van der Waals surface area contributed by atoms with Gasteiger partial charge in [-0.2, -0.15) is 0 Å². The molecule has 0 aromatic heterocycles. The standard InChI is InChI=1S/C22H18N2/c1-5-14-6-2-10-17-20(14)16(9-1)13-22(17)23-18-11-3-7-15-8-4-12-19(24-22)21(15)18/h1-12,15,21,23-24H,13H2. The Morgan fingerprint density at radius 3 is 2.33 bits per heavy atom. The van der Waals surface area contributed by atoms with Crippen LogP contribution in [0.1, 0.15) is 11.1 Å². The first-order valence-electron chi connectivity index (χ1n) is 8.68. The summed E-state index contributed by atoms with van der Waals surface area (Å²) in [6.07, 6.45) is 14.5. The van der Waals surface area contributed by atoms with E-state index in [1.54, 1.807) is 0 Å². The zero-order valence-corrected chi connectivity index (χ0v) is 13.3. The molecule has 2 heteroatoms. The minimum atomic E-state index is -0.224. The summed E-state index contributed by atoms with van der Waals surface area (Å²) in [6, 6.07) is 13.3. The van der Waals surface area contributed by atoms with Gasteiger partial charge in [0.05, 0.1) is 0 Å². The van der Waals surface area contributed by atoms with Crippen molar-refractivity contribution in [2.24, 2.45) is 11.8 Å². The number of rotatable bonds is 0. The molecule has 2 aromatic carbocycles. The number of allylic oxidation sites excluding steroid dienone is 6. The quantitative estimate of drug-likeness (QED) is 0.771. The SMILES string of the molecule is C1=CC2C=CC=C3NC4(Cc5cccc6cccc4c56)NC(=C1)C32. The van der Waals surface area contributed by atoms with Crippen LogP contribution in [0.5, 0.6) is 0 Å². The van der Waals surface area contributed by atoms with Gasteiger partial charge in [-0.1, -0.05) is 60.7 Å². The predicted octanol–water partition coefficient (Wildman–Crippen LogP) is 3.88. The zero-order chi connectivity index (χ0) is 15.7. The van der Waals surface area contributed by atoms with Gasteiger partial charge in [-0.15, -0.1) is 0 Å². The number of fused-ring (bicyclic) bond motifs is 1. The van der Waals surface area contributed by atoms with Gasteiger partial charge in [-0.3, -0.25) is 0 Å². The van der Waals surface area contributed by atoms with Gasteiger partial charge in [0, 0.05) is 35.2 Å². The molecule has 1 heterocycles. The maximum atomic E-state index is 3.89. The topological polar surface area (TPSA) is 24.1 Å². The van der Waals surface area contributed by atoms with E-state index in [1.807, 2.05) is 0 Å². The van der Waals surface area contributed by atoms with Crippen LogP contribution >= 0.6 is 0 Å². The molecule has 2 N–H and O–H groups in total. The van der Waals surface area contributed by atoms with E-state index in [-0.39, 0.29) is 5.66 Å². The van der Waals surface area contributed by atoms with E-state index in [0.29, 0.717) is 11.8 Å². The van der Waals surface area contributed by atoms with Crippen LogP contribution in [-0.4, -0.2) is 0 Å². The van der Waals surface area contributed by atoms with Crippen LogP contribution in [0.15, 0.2) is 84.2 Å². The van der Waals surface area contributed by atoms with Crippen LogP contribution in [-0.2, 0) is 12.1 Å². The van der Waals surface area contributed by atoms with Crippen molar-refractivity contribution in [3.8, 4) is 0 Å². The Balaban J connectivity index is 1.58. The fourth-order valence-corrected chi connectivity index (χ4v) is 4.94. The maximum Gasteiger partial charge on any atom is 0.139 e. The molecular weight excluding hydrogens is 292 g/mol. The number of benzene rings is 2. The number of hydrogen-bond donors (Lipinski definition) is 2. The average Bonchev–Trinajstić information content (AvgIpc) is 2.91. The minimum absolute atomic E-state index is 0.224. The van der Waals surface area contributed by atoms with Crippen molar-refractivity contribution in [2.45, 2.75) is 12.1 Å². The fraction of sp³-hybridized carbons (Fsp3) is 0.182. The van der Waals surface area contributed by atoms with Crippen molar-refractivity contribution in [3.05, 3.63) is 95.4 Å². The van der Waals surface area contributed by atoms with Crippen LogP contribution in [0.4, 0.5) is 0 Å². The van der Waals surface area contributed by atoms with Crippen molar-refractivity contribution < 1.29 is 0 Å². The summed E-state index contributed by atoms with van der Waals surface area (Å²) in [5.74, 6) is 0.871. The van der Waals surface area contributed by atoms with Gasteiger partial charge in [0.15, 0.2) is 0 Å². The van der Waals surface area contributed by atoms with Crippen LogP contribution in [0.25, 0.3) is 10.8 Å². The second kappa shape index (κ2) is 4.21. The Morgan fingerprint density at radius 1 is 0.875 bits per heavy atom. The molecule has 2 nitrogen and oxygen atoms in total. The van der Waals surface area contributed by atoms with E-state index >= 15 is 0 Å². The van der Waals surface area contributed by atoms with Gasteiger partial charge in [0.2, 0.25) is 0 Å². The first-order valence-corrected chi connectivity index (χ1v) is 8.68. The lowest BCUT2D eigenvalue weighted by atomic mass is 9.77. The minimum Gasteiger partial charge on any atom is -0.362 e.